The van der Waals surface area contributed by atoms with Gasteiger partial charge < -0.3 is 9.84 Å². The molecule has 0 saturated heterocycles. The maximum Gasteiger partial charge on any atom is 0.296 e. The van der Waals surface area contributed by atoms with Gasteiger partial charge in [0.15, 0.2) is 5.76 Å². The van der Waals surface area contributed by atoms with Crippen molar-refractivity contribution in [2.24, 2.45) is 0 Å². The van der Waals surface area contributed by atoms with Crippen LogP contribution in [-0.4, -0.2) is 34.5 Å². The Balaban J connectivity index is 1.76. The Morgan fingerprint density at radius 3 is 2.23 bits per heavy atom. The molecule has 1 N–H and O–H groups in total. The standard InChI is InChI=1S/C21H21NO4/c1-14(2)26-17-10-8-16(9-11-17)18-19(23)21(25)22(20(18)24)13-12-15-6-4-3-5-7-15/h3-11,14,23H,12-13H2,1-2H3. The third-order valence-electron chi connectivity index (χ3n) is 4.13. The van der Waals surface area contributed by atoms with Gasteiger partial charge in [0.2, 0.25) is 0 Å². The minimum Gasteiger partial charge on any atom is -0.502 e. The first kappa shape index (κ1) is 17.7. The van der Waals surface area contributed by atoms with Crippen molar-refractivity contribution in [1.82, 2.24) is 4.90 Å². The smallest absolute Gasteiger partial charge is 0.296 e. The van der Waals surface area contributed by atoms with Gasteiger partial charge in [-0.15, -0.1) is 0 Å². The SMILES string of the molecule is CC(C)Oc1ccc(C2=C(O)C(=O)N(CCc3ccccc3)C2=O)cc1. The van der Waals surface area contributed by atoms with Crippen molar-refractivity contribution in [1.29, 1.82) is 0 Å². The van der Waals surface area contributed by atoms with Crippen LogP contribution in [-0.2, 0) is 16.0 Å². The van der Waals surface area contributed by atoms with E-state index in [0.717, 1.165) is 10.5 Å². The lowest BCUT2D eigenvalue weighted by atomic mass is 10.1. The Morgan fingerprint density at radius 2 is 1.62 bits per heavy atom. The average molecular weight is 351 g/mol. The molecule has 1 aliphatic rings. The van der Waals surface area contributed by atoms with Gasteiger partial charge in [0, 0.05) is 6.54 Å². The number of aliphatic hydroxyl groups is 1. The highest BCUT2D eigenvalue weighted by molar-refractivity contribution is 6.34. The van der Waals surface area contributed by atoms with E-state index in [4.69, 9.17) is 4.74 Å². The van der Waals surface area contributed by atoms with E-state index in [-0.39, 0.29) is 18.2 Å². The molecule has 0 saturated carbocycles. The molecule has 0 radical (unpaired) electrons. The molecular weight excluding hydrogens is 330 g/mol. The fourth-order valence-corrected chi connectivity index (χ4v) is 2.88. The van der Waals surface area contributed by atoms with Gasteiger partial charge in [-0.05, 0) is 43.5 Å². The van der Waals surface area contributed by atoms with Gasteiger partial charge in [-0.2, -0.15) is 0 Å². The van der Waals surface area contributed by atoms with Crippen LogP contribution < -0.4 is 4.74 Å². The van der Waals surface area contributed by atoms with E-state index in [1.54, 1.807) is 24.3 Å². The van der Waals surface area contributed by atoms with Crippen molar-refractivity contribution in [2.45, 2.75) is 26.4 Å². The van der Waals surface area contributed by atoms with Crippen LogP contribution in [0.25, 0.3) is 5.57 Å². The van der Waals surface area contributed by atoms with E-state index < -0.39 is 17.6 Å². The molecule has 5 heteroatoms. The molecule has 0 aliphatic carbocycles. The molecule has 3 rings (SSSR count). The molecule has 0 spiro atoms. The minimum absolute atomic E-state index is 0.0386. The zero-order chi connectivity index (χ0) is 18.7. The van der Waals surface area contributed by atoms with Gasteiger partial charge in [-0.3, -0.25) is 14.5 Å². The number of hydrogen-bond acceptors (Lipinski definition) is 4. The third-order valence-corrected chi connectivity index (χ3v) is 4.13. The Morgan fingerprint density at radius 1 is 0.962 bits per heavy atom. The molecule has 2 amide bonds. The molecule has 0 aromatic heterocycles. The van der Waals surface area contributed by atoms with Crippen molar-refractivity contribution >= 4 is 17.4 Å². The molecule has 26 heavy (non-hydrogen) atoms. The zero-order valence-corrected chi connectivity index (χ0v) is 14.8. The Bertz CT molecular complexity index is 838. The van der Waals surface area contributed by atoms with Gasteiger partial charge in [0.05, 0.1) is 11.7 Å². The maximum absolute atomic E-state index is 12.7. The number of carbonyl (C=O) groups is 2. The molecule has 134 valence electrons. The first-order valence-electron chi connectivity index (χ1n) is 8.58. The van der Waals surface area contributed by atoms with E-state index in [0.29, 0.717) is 17.7 Å². The van der Waals surface area contributed by atoms with E-state index in [1.807, 2.05) is 44.2 Å². The van der Waals surface area contributed by atoms with Crippen LogP contribution in [0.2, 0.25) is 0 Å². The summed E-state index contributed by atoms with van der Waals surface area (Å²) >= 11 is 0. The van der Waals surface area contributed by atoms with Crippen LogP contribution >= 0.6 is 0 Å². The summed E-state index contributed by atoms with van der Waals surface area (Å²) in [5, 5.41) is 10.2. The highest BCUT2D eigenvalue weighted by atomic mass is 16.5. The zero-order valence-electron chi connectivity index (χ0n) is 14.8. The fraction of sp³-hybridized carbons (Fsp3) is 0.238. The second-order valence-corrected chi connectivity index (χ2v) is 6.41. The summed E-state index contributed by atoms with van der Waals surface area (Å²) in [5.41, 5.74) is 1.56. The van der Waals surface area contributed by atoms with E-state index in [1.165, 1.54) is 0 Å². The number of imide groups is 1. The van der Waals surface area contributed by atoms with Crippen molar-refractivity contribution < 1.29 is 19.4 Å². The number of benzene rings is 2. The van der Waals surface area contributed by atoms with Gasteiger partial charge in [-0.1, -0.05) is 42.5 Å². The lowest BCUT2D eigenvalue weighted by Gasteiger charge is -2.14. The Kier molecular flexibility index (Phi) is 5.07. The predicted molar refractivity (Wildman–Crippen MR) is 98.6 cm³/mol. The van der Waals surface area contributed by atoms with E-state index >= 15 is 0 Å². The van der Waals surface area contributed by atoms with Crippen LogP contribution in [0.4, 0.5) is 0 Å². The minimum atomic E-state index is -0.650. The second kappa shape index (κ2) is 7.44. The topological polar surface area (TPSA) is 66.8 Å². The highest BCUT2D eigenvalue weighted by Crippen LogP contribution is 2.29. The van der Waals surface area contributed by atoms with Crippen molar-refractivity contribution in [2.75, 3.05) is 6.54 Å². The summed E-state index contributed by atoms with van der Waals surface area (Å²) < 4.78 is 5.57. The van der Waals surface area contributed by atoms with Crippen molar-refractivity contribution in [3.63, 3.8) is 0 Å². The normalized spacial score (nSPS) is 14.5. The Labute approximate surface area is 152 Å². The summed E-state index contributed by atoms with van der Waals surface area (Å²) in [5.74, 6) is -0.952. The third kappa shape index (κ3) is 3.61. The van der Waals surface area contributed by atoms with Gasteiger partial charge >= 0.3 is 0 Å². The van der Waals surface area contributed by atoms with E-state index in [9.17, 15) is 14.7 Å². The molecule has 1 heterocycles. The number of hydrogen-bond donors (Lipinski definition) is 1. The second-order valence-electron chi connectivity index (χ2n) is 6.41. The molecule has 0 unspecified atom stereocenters. The number of aliphatic hydroxyl groups excluding tert-OH is 1. The monoisotopic (exact) mass is 351 g/mol. The summed E-state index contributed by atoms with van der Waals surface area (Å²) in [7, 11) is 0. The number of amides is 2. The number of ether oxygens (including phenoxy) is 1. The molecule has 0 fully saturated rings. The average Bonchev–Trinajstić information content (AvgIpc) is 2.84. The summed E-state index contributed by atoms with van der Waals surface area (Å²) in [6.07, 6.45) is 0.580. The number of carbonyl (C=O) groups excluding carboxylic acids is 2. The van der Waals surface area contributed by atoms with Gasteiger partial charge in [0.1, 0.15) is 5.75 Å². The fourth-order valence-electron chi connectivity index (χ4n) is 2.88. The largest absolute Gasteiger partial charge is 0.502 e. The predicted octanol–water partition coefficient (Wildman–Crippen LogP) is 3.35. The summed E-state index contributed by atoms with van der Waals surface area (Å²) in [4.78, 5) is 26.1. The molecule has 1 aliphatic heterocycles. The number of rotatable bonds is 6. The summed E-state index contributed by atoms with van der Waals surface area (Å²) in [6.45, 7) is 4.07. The molecule has 2 aromatic carbocycles. The van der Waals surface area contributed by atoms with Crippen LogP contribution in [0, 0.1) is 0 Å². The molecule has 0 bridgehead atoms. The quantitative estimate of drug-likeness (QED) is 0.811. The van der Waals surface area contributed by atoms with Crippen molar-refractivity contribution in [3.8, 4) is 5.75 Å². The van der Waals surface area contributed by atoms with Crippen LogP contribution in [0.15, 0.2) is 60.4 Å². The molecule has 2 aromatic rings. The van der Waals surface area contributed by atoms with Gasteiger partial charge in [-0.25, -0.2) is 0 Å². The molecular formula is C21H21NO4. The van der Waals surface area contributed by atoms with Crippen molar-refractivity contribution in [3.05, 3.63) is 71.5 Å². The maximum atomic E-state index is 12.7. The molecule has 0 atom stereocenters. The number of nitrogens with zero attached hydrogens (tertiary/aromatic N) is 1. The Hall–Kier alpha value is -3.08. The highest BCUT2D eigenvalue weighted by Gasteiger charge is 2.38. The first-order valence-corrected chi connectivity index (χ1v) is 8.58. The molecule has 5 nitrogen and oxygen atoms in total. The van der Waals surface area contributed by atoms with Crippen LogP contribution in [0.1, 0.15) is 25.0 Å². The van der Waals surface area contributed by atoms with E-state index in [2.05, 4.69) is 0 Å². The van der Waals surface area contributed by atoms with Gasteiger partial charge in [0.25, 0.3) is 11.8 Å². The summed E-state index contributed by atoms with van der Waals surface area (Å²) in [6, 6.07) is 16.4. The lowest BCUT2D eigenvalue weighted by molar-refractivity contribution is -0.138. The van der Waals surface area contributed by atoms with Crippen LogP contribution in [0.5, 0.6) is 5.75 Å². The lowest BCUT2D eigenvalue weighted by Crippen LogP contribution is -2.33. The van der Waals surface area contributed by atoms with Crippen LogP contribution in [0.3, 0.4) is 0 Å². The first-order chi connectivity index (χ1) is 12.5.